The fraction of sp³-hybridized carbons (Fsp3) is 0.304. The smallest absolute Gasteiger partial charge is 0.412 e. The highest BCUT2D eigenvalue weighted by Gasteiger charge is 2.39. The van der Waals surface area contributed by atoms with Gasteiger partial charge in [-0.25, -0.2) is 9.50 Å². The van der Waals surface area contributed by atoms with Crippen LogP contribution in [0.25, 0.3) is 17.0 Å². The van der Waals surface area contributed by atoms with Crippen LogP contribution < -0.4 is 0 Å². The Balaban J connectivity index is 1.25. The van der Waals surface area contributed by atoms with Crippen molar-refractivity contribution in [2.75, 3.05) is 6.54 Å². The van der Waals surface area contributed by atoms with Gasteiger partial charge in [0.25, 0.3) is 5.89 Å². The van der Waals surface area contributed by atoms with Crippen LogP contribution in [0.2, 0.25) is 0 Å². The number of imidazole rings is 1. The SMILES string of the molecule is O=C(c1nnc(-c2cnn(C(F)(F)F)c2)o1)N1CCc2[nH]cnc2[C@@H]1c1cc2c(C3CC3)cccn2n1. The molecule has 0 bridgehead atoms. The van der Waals surface area contributed by atoms with E-state index < -0.39 is 18.2 Å². The Hall–Kier alpha value is -4.49. The van der Waals surface area contributed by atoms with Gasteiger partial charge in [0.05, 0.1) is 35.0 Å². The van der Waals surface area contributed by atoms with Gasteiger partial charge in [-0.15, -0.1) is 23.4 Å². The molecule has 1 atom stereocenters. The Morgan fingerprint density at radius 2 is 2.08 bits per heavy atom. The Morgan fingerprint density at radius 3 is 2.86 bits per heavy atom. The van der Waals surface area contributed by atoms with E-state index in [1.165, 1.54) is 5.56 Å². The zero-order valence-corrected chi connectivity index (χ0v) is 19.1. The molecule has 0 unspecified atom stereocenters. The van der Waals surface area contributed by atoms with Gasteiger partial charge in [0, 0.05) is 31.1 Å². The minimum atomic E-state index is -4.69. The average molecular weight is 509 g/mol. The number of hydrogen-bond donors (Lipinski definition) is 1. The fourth-order valence-corrected chi connectivity index (χ4v) is 4.85. The maximum absolute atomic E-state index is 13.6. The molecule has 1 fully saturated rings. The Morgan fingerprint density at radius 1 is 1.22 bits per heavy atom. The van der Waals surface area contributed by atoms with Crippen molar-refractivity contribution in [1.29, 1.82) is 0 Å². The largest absolute Gasteiger partial charge is 0.504 e. The lowest BCUT2D eigenvalue weighted by Gasteiger charge is -2.32. The summed E-state index contributed by atoms with van der Waals surface area (Å²) in [6, 6.07) is 5.43. The summed E-state index contributed by atoms with van der Waals surface area (Å²) < 4.78 is 45.8. The predicted octanol–water partition coefficient (Wildman–Crippen LogP) is 3.45. The molecular weight excluding hydrogens is 491 g/mol. The van der Waals surface area contributed by atoms with Crippen LogP contribution in [0.5, 0.6) is 0 Å². The van der Waals surface area contributed by atoms with Gasteiger partial charge in [0.15, 0.2) is 0 Å². The fourth-order valence-electron chi connectivity index (χ4n) is 4.85. The maximum atomic E-state index is 13.6. The van der Waals surface area contributed by atoms with Crippen molar-refractivity contribution < 1.29 is 22.4 Å². The minimum Gasteiger partial charge on any atom is -0.412 e. The molecule has 11 nitrogen and oxygen atoms in total. The zero-order valence-electron chi connectivity index (χ0n) is 19.1. The van der Waals surface area contributed by atoms with E-state index in [-0.39, 0.29) is 22.0 Å². The molecule has 188 valence electrons. The Kier molecular flexibility index (Phi) is 4.56. The first-order valence-corrected chi connectivity index (χ1v) is 11.6. The highest BCUT2D eigenvalue weighted by Crippen LogP contribution is 2.43. The van der Waals surface area contributed by atoms with Gasteiger partial charge in [-0.1, -0.05) is 6.07 Å². The van der Waals surface area contributed by atoms with Gasteiger partial charge >= 0.3 is 18.1 Å². The molecule has 1 aliphatic carbocycles. The topological polar surface area (TPSA) is 123 Å². The summed E-state index contributed by atoms with van der Waals surface area (Å²) in [5.74, 6) is -0.646. The lowest BCUT2D eigenvalue weighted by molar-refractivity contribution is -0.212. The number of halogens is 3. The standard InChI is InChI=1S/C23H18F3N9O2/c24-23(25,26)35-10-13(9-29-35)20-30-31-21(37-20)22(36)33-7-5-15-18(28-11-27-15)19(33)16-8-17-14(12-3-4-12)2-1-6-34(17)32-16/h1-2,6,8-12,19H,3-5,7H2,(H,27,28)/t19-/m0/s1. The third kappa shape index (κ3) is 3.58. The van der Waals surface area contributed by atoms with E-state index >= 15 is 0 Å². The zero-order chi connectivity index (χ0) is 25.3. The number of fused-ring (bicyclic) bond motifs is 2. The highest BCUT2D eigenvalue weighted by molar-refractivity contribution is 5.90. The normalized spacial score (nSPS) is 17.9. The number of alkyl halides is 3. The Bertz CT molecular complexity index is 1640. The van der Waals surface area contributed by atoms with E-state index in [2.05, 4.69) is 31.3 Å². The van der Waals surface area contributed by atoms with Gasteiger partial charge in [-0.3, -0.25) is 4.79 Å². The number of aromatic amines is 1. The number of amides is 1. The number of hydrogen-bond acceptors (Lipinski definition) is 7. The second-order valence-electron chi connectivity index (χ2n) is 9.11. The molecule has 7 rings (SSSR count). The van der Waals surface area contributed by atoms with Crippen molar-refractivity contribution in [2.45, 2.75) is 37.5 Å². The van der Waals surface area contributed by atoms with Crippen LogP contribution in [0.15, 0.2) is 47.5 Å². The lowest BCUT2D eigenvalue weighted by atomic mass is 9.99. The van der Waals surface area contributed by atoms with Crippen molar-refractivity contribution in [2.24, 2.45) is 0 Å². The van der Waals surface area contributed by atoms with Crippen molar-refractivity contribution in [3.63, 3.8) is 0 Å². The van der Waals surface area contributed by atoms with Crippen LogP contribution in [-0.4, -0.2) is 56.9 Å². The molecule has 6 heterocycles. The molecule has 1 aliphatic heterocycles. The van der Waals surface area contributed by atoms with E-state index in [1.807, 2.05) is 22.8 Å². The van der Waals surface area contributed by atoms with Crippen LogP contribution in [0.1, 0.15) is 58.1 Å². The third-order valence-electron chi connectivity index (χ3n) is 6.73. The summed E-state index contributed by atoms with van der Waals surface area (Å²) in [4.78, 5) is 22.7. The first kappa shape index (κ1) is 21.8. The van der Waals surface area contributed by atoms with E-state index in [4.69, 9.17) is 9.52 Å². The van der Waals surface area contributed by atoms with Crippen LogP contribution >= 0.6 is 0 Å². The van der Waals surface area contributed by atoms with E-state index in [0.29, 0.717) is 30.3 Å². The Labute approximate surface area is 205 Å². The summed E-state index contributed by atoms with van der Waals surface area (Å²) in [5.41, 5.74) is 4.36. The van der Waals surface area contributed by atoms with Gasteiger partial charge in [0.1, 0.15) is 6.04 Å². The van der Waals surface area contributed by atoms with Crippen molar-refractivity contribution in [1.82, 2.24) is 44.5 Å². The second kappa shape index (κ2) is 7.75. The summed E-state index contributed by atoms with van der Waals surface area (Å²) in [5, 5.41) is 15.6. The number of nitrogens with one attached hydrogen (secondary N) is 1. The molecule has 0 radical (unpaired) electrons. The van der Waals surface area contributed by atoms with Crippen molar-refractivity contribution in [3.05, 3.63) is 71.7 Å². The molecule has 14 heteroatoms. The number of aromatic nitrogens is 8. The van der Waals surface area contributed by atoms with Gasteiger partial charge in [-0.05, 0) is 36.5 Å². The van der Waals surface area contributed by atoms with Gasteiger partial charge < -0.3 is 14.3 Å². The highest BCUT2D eigenvalue weighted by atomic mass is 19.4. The number of pyridine rings is 1. The molecule has 1 saturated carbocycles. The molecule has 5 aromatic heterocycles. The summed E-state index contributed by atoms with van der Waals surface area (Å²) in [7, 11) is 0. The van der Waals surface area contributed by atoms with Gasteiger partial charge in [0.2, 0.25) is 0 Å². The molecule has 2 aliphatic rings. The summed E-state index contributed by atoms with van der Waals surface area (Å²) in [6.07, 6.45) is 3.23. The summed E-state index contributed by atoms with van der Waals surface area (Å²) >= 11 is 0. The first-order valence-electron chi connectivity index (χ1n) is 11.6. The number of rotatable bonds is 4. The first-order chi connectivity index (χ1) is 17.9. The van der Waals surface area contributed by atoms with Crippen LogP contribution in [0.3, 0.4) is 0 Å². The maximum Gasteiger partial charge on any atom is 0.504 e. The lowest BCUT2D eigenvalue weighted by Crippen LogP contribution is -2.41. The summed E-state index contributed by atoms with van der Waals surface area (Å²) in [6.45, 7) is 0.325. The second-order valence-corrected chi connectivity index (χ2v) is 9.11. The number of carbonyl (C=O) groups is 1. The molecular formula is C23H18F3N9O2. The van der Waals surface area contributed by atoms with Crippen LogP contribution in [0, 0.1) is 0 Å². The molecule has 0 spiro atoms. The van der Waals surface area contributed by atoms with Gasteiger partial charge in [-0.2, -0.15) is 14.9 Å². The molecule has 0 saturated heterocycles. The van der Waals surface area contributed by atoms with Crippen LogP contribution in [-0.2, 0) is 12.7 Å². The van der Waals surface area contributed by atoms with Crippen LogP contribution in [0.4, 0.5) is 13.2 Å². The molecule has 1 amide bonds. The molecule has 0 aromatic carbocycles. The third-order valence-corrected chi connectivity index (χ3v) is 6.73. The monoisotopic (exact) mass is 509 g/mol. The number of carbonyl (C=O) groups excluding carboxylic acids is 1. The quantitative estimate of drug-likeness (QED) is 0.394. The number of H-pyrrole nitrogens is 1. The molecule has 1 N–H and O–H groups in total. The minimum absolute atomic E-state index is 0.0541. The average Bonchev–Trinajstić information content (AvgIpc) is 3.33. The molecule has 5 aromatic rings. The predicted molar refractivity (Wildman–Crippen MR) is 119 cm³/mol. The van der Waals surface area contributed by atoms with Crippen molar-refractivity contribution >= 4 is 11.4 Å². The number of nitrogens with zero attached hydrogens (tertiary/aromatic N) is 8. The van der Waals surface area contributed by atoms with E-state index in [0.717, 1.165) is 36.4 Å². The van der Waals surface area contributed by atoms with Crippen molar-refractivity contribution in [3.8, 4) is 11.5 Å². The van der Waals surface area contributed by atoms with E-state index in [1.54, 1.807) is 11.2 Å². The van der Waals surface area contributed by atoms with E-state index in [9.17, 15) is 18.0 Å². The molecule has 37 heavy (non-hydrogen) atoms.